The summed E-state index contributed by atoms with van der Waals surface area (Å²) in [7, 11) is -4.22. The molecule has 1 unspecified atom stereocenters. The van der Waals surface area contributed by atoms with Crippen LogP contribution in [0.1, 0.15) is 18.9 Å². The first kappa shape index (κ1) is 20.5. The number of alkyl halides is 3. The second kappa shape index (κ2) is 8.26. The Labute approximate surface area is 151 Å². The first-order chi connectivity index (χ1) is 12.1. The third kappa shape index (κ3) is 5.10. The largest absolute Gasteiger partial charge is 0.534 e. The third-order valence-electron chi connectivity index (χ3n) is 3.83. The molecule has 0 fully saturated rings. The van der Waals surface area contributed by atoms with Crippen molar-refractivity contribution in [3.8, 4) is 0 Å². The van der Waals surface area contributed by atoms with Gasteiger partial charge in [-0.15, -0.1) is 0 Å². The zero-order chi connectivity index (χ0) is 19.4. The molecular formula is C16H18BF3NO4S. The Kier molecular flexibility index (Phi) is 6.51. The van der Waals surface area contributed by atoms with Crippen molar-refractivity contribution in [2.45, 2.75) is 37.8 Å². The molecule has 2 rings (SSSR count). The molecule has 1 aromatic carbocycles. The van der Waals surface area contributed by atoms with Crippen LogP contribution < -0.4 is 0 Å². The summed E-state index contributed by atoms with van der Waals surface area (Å²) < 4.78 is 64.3. The first-order valence-electron chi connectivity index (χ1n) is 7.99. The lowest BCUT2D eigenvalue weighted by atomic mass is 9.66. The van der Waals surface area contributed by atoms with Crippen molar-refractivity contribution in [1.82, 2.24) is 4.90 Å². The molecule has 1 heterocycles. The lowest BCUT2D eigenvalue weighted by molar-refractivity contribution is -0.117. The van der Waals surface area contributed by atoms with Crippen LogP contribution in [0, 0.1) is 0 Å². The van der Waals surface area contributed by atoms with E-state index in [0.717, 1.165) is 5.56 Å². The first-order valence-corrected chi connectivity index (χ1v) is 9.39. The zero-order valence-electron chi connectivity index (χ0n) is 14.1. The van der Waals surface area contributed by atoms with Crippen molar-refractivity contribution < 1.29 is 30.6 Å². The van der Waals surface area contributed by atoms with E-state index in [9.17, 15) is 26.4 Å². The number of carbonyl (C=O) groups is 1. The van der Waals surface area contributed by atoms with Crippen LogP contribution >= 0.6 is 0 Å². The number of benzene rings is 1. The highest BCUT2D eigenvalue weighted by Gasteiger charge is 2.49. The molecule has 0 spiro atoms. The van der Waals surface area contributed by atoms with Gasteiger partial charge in [0.25, 0.3) is 0 Å². The fourth-order valence-electron chi connectivity index (χ4n) is 2.63. The summed E-state index contributed by atoms with van der Waals surface area (Å²) in [6.07, 6.45) is 1.84. The second-order valence-electron chi connectivity index (χ2n) is 5.81. The highest BCUT2D eigenvalue weighted by Crippen LogP contribution is 2.29. The van der Waals surface area contributed by atoms with E-state index in [4.69, 9.17) is 0 Å². The second-order valence-corrected chi connectivity index (χ2v) is 7.35. The van der Waals surface area contributed by atoms with Gasteiger partial charge in [-0.05, 0) is 18.1 Å². The molecule has 26 heavy (non-hydrogen) atoms. The van der Waals surface area contributed by atoms with Gasteiger partial charge in [-0.3, -0.25) is 4.90 Å². The summed E-state index contributed by atoms with van der Waals surface area (Å²) in [6, 6.07) is 8.48. The summed E-state index contributed by atoms with van der Waals surface area (Å²) in [5.74, 6) is -0.334. The monoisotopic (exact) mass is 388 g/mol. The van der Waals surface area contributed by atoms with E-state index in [1.807, 2.05) is 25.1 Å². The van der Waals surface area contributed by atoms with Crippen LogP contribution in [0.15, 0.2) is 42.2 Å². The Morgan fingerprint density at radius 3 is 2.54 bits per heavy atom. The van der Waals surface area contributed by atoms with E-state index in [0.29, 0.717) is 6.32 Å². The topological polar surface area (TPSA) is 63.7 Å². The average Bonchev–Trinajstić information content (AvgIpc) is 2.55. The van der Waals surface area contributed by atoms with Gasteiger partial charge >= 0.3 is 15.6 Å². The average molecular weight is 388 g/mol. The van der Waals surface area contributed by atoms with Gasteiger partial charge in [0, 0.05) is 6.54 Å². The van der Waals surface area contributed by atoms with Crippen LogP contribution in [0.3, 0.4) is 0 Å². The molecule has 1 atom stereocenters. The van der Waals surface area contributed by atoms with Gasteiger partial charge < -0.3 is 8.98 Å². The molecule has 1 radical (unpaired) electrons. The maximum atomic E-state index is 12.5. The quantitative estimate of drug-likeness (QED) is 0.408. The van der Waals surface area contributed by atoms with E-state index in [2.05, 4.69) is 4.18 Å². The fraction of sp³-hybridized carbons (Fsp3) is 0.438. The Morgan fingerprint density at radius 1 is 1.31 bits per heavy atom. The molecule has 10 heteroatoms. The minimum absolute atomic E-state index is 0.0743. The minimum Gasteiger partial charge on any atom is -0.380 e. The number of carbonyl (C=O) groups excluding carboxylic acids is 1. The number of rotatable bonds is 7. The Balaban J connectivity index is 2.21. The molecule has 141 valence electrons. The van der Waals surface area contributed by atoms with E-state index in [-0.39, 0.29) is 31.0 Å². The highest BCUT2D eigenvalue weighted by molar-refractivity contribution is 7.87. The Hall–Kier alpha value is -1.81. The van der Waals surface area contributed by atoms with Crippen molar-refractivity contribution in [2.75, 3.05) is 6.54 Å². The highest BCUT2D eigenvalue weighted by atomic mass is 32.2. The molecule has 0 saturated heterocycles. The van der Waals surface area contributed by atoms with Gasteiger partial charge in [-0.25, -0.2) is 0 Å². The molecule has 0 aliphatic carbocycles. The normalized spacial score (nSPS) is 18.9. The van der Waals surface area contributed by atoms with E-state index in [1.165, 1.54) is 13.4 Å². The maximum Gasteiger partial charge on any atom is 0.534 e. The van der Waals surface area contributed by atoms with Gasteiger partial charge in [0.2, 0.25) is 7.28 Å². The lowest BCUT2D eigenvalue weighted by Crippen LogP contribution is -2.46. The van der Waals surface area contributed by atoms with Crippen molar-refractivity contribution in [3.05, 3.63) is 47.7 Å². The lowest BCUT2D eigenvalue weighted by Gasteiger charge is -2.34. The van der Waals surface area contributed by atoms with Crippen molar-refractivity contribution in [2.24, 2.45) is 0 Å². The molecular weight excluding hydrogens is 370 g/mol. The zero-order valence-corrected chi connectivity index (χ0v) is 14.9. The summed E-state index contributed by atoms with van der Waals surface area (Å²) in [6.45, 7) is 1.88. The van der Waals surface area contributed by atoms with Crippen molar-refractivity contribution in [1.29, 1.82) is 0 Å². The minimum atomic E-state index is -5.73. The number of hydrogen-bond donors (Lipinski definition) is 0. The van der Waals surface area contributed by atoms with Gasteiger partial charge in [0.1, 0.15) is 11.4 Å². The molecule has 1 aliphatic heterocycles. The summed E-state index contributed by atoms with van der Waals surface area (Å²) in [5, 5.41) is 0. The van der Waals surface area contributed by atoms with Gasteiger partial charge in [-0.1, -0.05) is 43.6 Å². The number of halogens is 3. The molecule has 5 nitrogen and oxygen atoms in total. The number of hydrogen-bond acceptors (Lipinski definition) is 5. The van der Waals surface area contributed by atoms with Gasteiger partial charge in [0.15, 0.2) is 0 Å². The molecule has 0 amide bonds. The molecule has 1 aromatic rings. The summed E-state index contributed by atoms with van der Waals surface area (Å²) in [5.41, 5.74) is -4.81. The number of nitrogens with zero attached hydrogens (tertiary/aromatic N) is 1. The predicted molar refractivity (Wildman–Crippen MR) is 90.6 cm³/mol. The smallest absolute Gasteiger partial charge is 0.380 e. The molecule has 0 N–H and O–H groups in total. The van der Waals surface area contributed by atoms with Crippen LogP contribution in [0.25, 0.3) is 0 Å². The molecule has 0 saturated carbocycles. The molecule has 0 aromatic heterocycles. The van der Waals surface area contributed by atoms with E-state index in [1.54, 1.807) is 17.0 Å². The third-order valence-corrected chi connectivity index (χ3v) is 4.83. The summed E-state index contributed by atoms with van der Waals surface area (Å²) in [4.78, 5) is 13.9. The van der Waals surface area contributed by atoms with Gasteiger partial charge in [-0.2, -0.15) is 21.6 Å². The van der Waals surface area contributed by atoms with Crippen molar-refractivity contribution >= 4 is 23.1 Å². The van der Waals surface area contributed by atoms with Crippen molar-refractivity contribution in [3.63, 3.8) is 0 Å². The van der Waals surface area contributed by atoms with Crippen LogP contribution in [0.4, 0.5) is 13.2 Å². The molecule has 1 aliphatic rings. The SMILES string of the molecule is CC[B]C(=O)C1CC=C(OS(=O)(=O)C(F)(F)F)CN1Cc1ccccc1. The predicted octanol–water partition coefficient (Wildman–Crippen LogP) is 2.68. The van der Waals surface area contributed by atoms with Crippen LogP contribution in [0.2, 0.25) is 6.32 Å². The van der Waals surface area contributed by atoms with Crippen LogP contribution in [-0.4, -0.2) is 44.4 Å². The van der Waals surface area contributed by atoms with E-state index < -0.39 is 21.7 Å². The van der Waals surface area contributed by atoms with Crippen LogP contribution in [-0.2, 0) is 25.6 Å². The Bertz CT molecular complexity index is 765. The fourth-order valence-corrected chi connectivity index (χ4v) is 3.13. The Morgan fingerprint density at radius 2 is 1.96 bits per heavy atom. The van der Waals surface area contributed by atoms with E-state index >= 15 is 0 Å². The van der Waals surface area contributed by atoms with Crippen LogP contribution in [0.5, 0.6) is 0 Å². The standard InChI is InChI=1S/C16H18BF3NO4S/c1-2-17-15(22)14-9-8-13(25-26(23,24)16(18,19)20)11-21(14)10-12-6-4-3-5-7-12/h3-8,14H,2,9-11H2,1H3. The molecule has 0 bridgehead atoms. The van der Waals surface area contributed by atoms with Gasteiger partial charge in [0.05, 0.1) is 12.6 Å². The summed E-state index contributed by atoms with van der Waals surface area (Å²) >= 11 is 0. The maximum absolute atomic E-state index is 12.5.